The molecule has 0 aliphatic heterocycles. The molecule has 1 rings (SSSR count). The summed E-state index contributed by atoms with van der Waals surface area (Å²) >= 11 is 0. The first kappa shape index (κ1) is 10.0. The van der Waals surface area contributed by atoms with Crippen molar-refractivity contribution in [3.8, 4) is 0 Å². The predicted octanol–water partition coefficient (Wildman–Crippen LogP) is 2.59. The third-order valence-corrected chi connectivity index (χ3v) is 1.78. The minimum atomic E-state index is 0.541. The quantitative estimate of drug-likeness (QED) is 0.695. The molecule has 1 nitrogen and oxygen atoms in total. The molecule has 0 unspecified atom stereocenters. The summed E-state index contributed by atoms with van der Waals surface area (Å²) in [7, 11) is 0. The maximum absolute atomic E-state index is 3.39. The van der Waals surface area contributed by atoms with Crippen LogP contribution >= 0.6 is 0 Å². The van der Waals surface area contributed by atoms with E-state index < -0.39 is 0 Å². The smallest absolute Gasteiger partial charge is 0.0207 e. The Morgan fingerprint density at radius 2 is 1.77 bits per heavy atom. The molecule has 0 saturated heterocycles. The summed E-state index contributed by atoms with van der Waals surface area (Å²) in [5, 5.41) is 3.39. The van der Waals surface area contributed by atoms with Crippen LogP contribution in [-0.2, 0) is 0 Å². The lowest BCUT2D eigenvalue weighted by molar-refractivity contribution is 0.625. The molecule has 0 fully saturated rings. The second kappa shape index (κ2) is 5.55. The Hall–Kier alpha value is -1.08. The Bertz CT molecular complexity index is 254. The molecule has 0 aromatic rings. The van der Waals surface area contributed by atoms with Crippen LogP contribution in [0.1, 0.15) is 13.8 Å². The van der Waals surface area contributed by atoms with Gasteiger partial charge in [-0.3, -0.25) is 0 Å². The normalized spacial score (nSPS) is 20.7. The van der Waals surface area contributed by atoms with E-state index >= 15 is 0 Å². The molecule has 0 heterocycles. The van der Waals surface area contributed by atoms with Crippen LogP contribution < -0.4 is 5.32 Å². The van der Waals surface area contributed by atoms with Crippen LogP contribution in [0.3, 0.4) is 0 Å². The Morgan fingerprint density at radius 3 is 2.54 bits per heavy atom. The van der Waals surface area contributed by atoms with Gasteiger partial charge < -0.3 is 5.32 Å². The highest BCUT2D eigenvalue weighted by molar-refractivity contribution is 5.31. The van der Waals surface area contributed by atoms with Crippen LogP contribution in [-0.4, -0.2) is 12.6 Å². The van der Waals surface area contributed by atoms with E-state index in [2.05, 4.69) is 43.5 Å². The molecular formula is C12H17N. The first-order chi connectivity index (χ1) is 6.29. The van der Waals surface area contributed by atoms with Gasteiger partial charge in [-0.2, -0.15) is 0 Å². The summed E-state index contributed by atoms with van der Waals surface area (Å²) < 4.78 is 0. The van der Waals surface area contributed by atoms with E-state index in [1.807, 2.05) is 18.2 Å². The average molecular weight is 175 g/mol. The number of nitrogens with one attached hydrogen (secondary N) is 1. The molecule has 70 valence electrons. The van der Waals surface area contributed by atoms with Crippen molar-refractivity contribution < 1.29 is 0 Å². The zero-order chi connectivity index (χ0) is 9.52. The minimum Gasteiger partial charge on any atom is -0.310 e. The van der Waals surface area contributed by atoms with E-state index in [0.29, 0.717) is 6.04 Å². The monoisotopic (exact) mass is 175 g/mol. The fraction of sp³-hybridized carbons (Fsp3) is 0.333. The van der Waals surface area contributed by atoms with Crippen LogP contribution in [0, 0.1) is 0 Å². The first-order valence-electron chi connectivity index (χ1n) is 4.73. The molecule has 13 heavy (non-hydrogen) atoms. The molecule has 0 spiro atoms. The Balaban J connectivity index is 2.48. The number of rotatable bonds is 3. The van der Waals surface area contributed by atoms with Crippen LogP contribution in [0.15, 0.2) is 48.1 Å². The lowest BCUT2D eigenvalue weighted by Crippen LogP contribution is -2.24. The van der Waals surface area contributed by atoms with E-state index in [1.165, 1.54) is 5.57 Å². The van der Waals surface area contributed by atoms with E-state index in [0.717, 1.165) is 6.54 Å². The fourth-order valence-electron chi connectivity index (χ4n) is 1.05. The first-order valence-corrected chi connectivity index (χ1v) is 4.73. The maximum Gasteiger partial charge on any atom is 0.0207 e. The van der Waals surface area contributed by atoms with Gasteiger partial charge in [-0.05, 0) is 5.57 Å². The van der Waals surface area contributed by atoms with Gasteiger partial charge in [0, 0.05) is 12.6 Å². The Morgan fingerprint density at radius 1 is 1.08 bits per heavy atom. The highest BCUT2D eigenvalue weighted by atomic mass is 14.9. The van der Waals surface area contributed by atoms with Gasteiger partial charge in [-0.1, -0.05) is 56.4 Å². The average Bonchev–Trinajstić information content (AvgIpc) is 2.01. The van der Waals surface area contributed by atoms with Gasteiger partial charge in [0.2, 0.25) is 0 Å². The van der Waals surface area contributed by atoms with Crippen molar-refractivity contribution in [1.29, 1.82) is 0 Å². The molecule has 0 bridgehead atoms. The van der Waals surface area contributed by atoms with Gasteiger partial charge in [-0.25, -0.2) is 0 Å². The van der Waals surface area contributed by atoms with Crippen molar-refractivity contribution in [3.05, 3.63) is 48.1 Å². The molecule has 0 radical (unpaired) electrons. The van der Waals surface area contributed by atoms with Crippen molar-refractivity contribution in [3.63, 3.8) is 0 Å². The minimum absolute atomic E-state index is 0.541. The molecule has 1 N–H and O–H groups in total. The van der Waals surface area contributed by atoms with Gasteiger partial charge in [-0.15, -0.1) is 0 Å². The van der Waals surface area contributed by atoms with Crippen LogP contribution in [0.2, 0.25) is 0 Å². The highest BCUT2D eigenvalue weighted by Crippen LogP contribution is 2.00. The molecular weight excluding hydrogens is 158 g/mol. The predicted molar refractivity (Wildman–Crippen MR) is 58.6 cm³/mol. The largest absolute Gasteiger partial charge is 0.310 e. The van der Waals surface area contributed by atoms with Crippen LogP contribution in [0.25, 0.3) is 0 Å². The molecule has 1 aliphatic rings. The SMILES string of the molecule is CC(C)NCC1=C/C=C\C=C/C=C1. The van der Waals surface area contributed by atoms with Gasteiger partial charge in [0.15, 0.2) is 0 Å². The molecule has 1 aliphatic carbocycles. The number of hydrogen-bond acceptors (Lipinski definition) is 1. The second-order valence-corrected chi connectivity index (χ2v) is 3.41. The van der Waals surface area contributed by atoms with E-state index in [9.17, 15) is 0 Å². The third kappa shape index (κ3) is 4.48. The molecule has 0 amide bonds. The van der Waals surface area contributed by atoms with Gasteiger partial charge >= 0.3 is 0 Å². The Kier molecular flexibility index (Phi) is 4.27. The zero-order valence-corrected chi connectivity index (χ0v) is 8.33. The Labute approximate surface area is 80.5 Å². The summed E-state index contributed by atoms with van der Waals surface area (Å²) in [5.41, 5.74) is 1.31. The zero-order valence-electron chi connectivity index (χ0n) is 8.33. The lowest BCUT2D eigenvalue weighted by Gasteiger charge is -2.08. The van der Waals surface area contributed by atoms with Gasteiger partial charge in [0.1, 0.15) is 0 Å². The second-order valence-electron chi connectivity index (χ2n) is 3.41. The van der Waals surface area contributed by atoms with Crippen molar-refractivity contribution in [2.75, 3.05) is 6.54 Å². The lowest BCUT2D eigenvalue weighted by atomic mass is 10.2. The van der Waals surface area contributed by atoms with E-state index in [4.69, 9.17) is 0 Å². The fourth-order valence-corrected chi connectivity index (χ4v) is 1.05. The van der Waals surface area contributed by atoms with Crippen molar-refractivity contribution in [2.24, 2.45) is 0 Å². The summed E-state index contributed by atoms with van der Waals surface area (Å²) in [4.78, 5) is 0. The molecule has 0 aromatic heterocycles. The third-order valence-electron chi connectivity index (χ3n) is 1.78. The highest BCUT2D eigenvalue weighted by Gasteiger charge is 1.94. The van der Waals surface area contributed by atoms with Gasteiger partial charge in [0.25, 0.3) is 0 Å². The standard InChI is InChI=1S/C12H17N/c1-11(2)13-10-12-8-6-4-3-5-7-9-12/h3-9,11,13H,10H2,1-2H3/b4-3-,5-3?,6-4?,7-5-,8-6?,9-7?,12-8?,12-9?. The van der Waals surface area contributed by atoms with Crippen molar-refractivity contribution in [1.82, 2.24) is 5.32 Å². The summed E-state index contributed by atoms with van der Waals surface area (Å²) in [6.45, 7) is 5.25. The molecule has 0 atom stereocenters. The molecule has 0 aromatic carbocycles. The van der Waals surface area contributed by atoms with Crippen LogP contribution in [0.4, 0.5) is 0 Å². The van der Waals surface area contributed by atoms with Gasteiger partial charge in [0.05, 0.1) is 0 Å². The molecule has 0 saturated carbocycles. The van der Waals surface area contributed by atoms with Crippen molar-refractivity contribution >= 4 is 0 Å². The maximum atomic E-state index is 3.39. The number of allylic oxidation sites excluding steroid dienone is 6. The van der Waals surface area contributed by atoms with E-state index in [1.54, 1.807) is 0 Å². The van der Waals surface area contributed by atoms with Crippen molar-refractivity contribution in [2.45, 2.75) is 19.9 Å². The number of hydrogen-bond donors (Lipinski definition) is 1. The van der Waals surface area contributed by atoms with E-state index in [-0.39, 0.29) is 0 Å². The van der Waals surface area contributed by atoms with Crippen LogP contribution in [0.5, 0.6) is 0 Å². The topological polar surface area (TPSA) is 12.0 Å². The summed E-state index contributed by atoms with van der Waals surface area (Å²) in [6, 6.07) is 0.541. The summed E-state index contributed by atoms with van der Waals surface area (Å²) in [6.07, 6.45) is 14.5. The molecule has 1 heteroatoms. The summed E-state index contributed by atoms with van der Waals surface area (Å²) in [5.74, 6) is 0.